The maximum absolute atomic E-state index is 12.0. The van der Waals surface area contributed by atoms with Crippen molar-refractivity contribution in [3.63, 3.8) is 0 Å². The lowest BCUT2D eigenvalue weighted by molar-refractivity contribution is -0.143. The van der Waals surface area contributed by atoms with E-state index in [1.165, 1.54) is 0 Å². The van der Waals surface area contributed by atoms with E-state index in [9.17, 15) is 14.7 Å². The molecule has 20 heavy (non-hydrogen) atoms. The molecule has 0 saturated heterocycles. The number of nitrogens with zero attached hydrogens (tertiary/aromatic N) is 1. The van der Waals surface area contributed by atoms with Crippen molar-refractivity contribution in [1.82, 2.24) is 10.3 Å². The van der Waals surface area contributed by atoms with E-state index >= 15 is 0 Å². The van der Waals surface area contributed by atoms with Crippen LogP contribution in [0.15, 0.2) is 24.5 Å². The van der Waals surface area contributed by atoms with Gasteiger partial charge in [0.05, 0.1) is 6.42 Å². The van der Waals surface area contributed by atoms with Gasteiger partial charge in [0.25, 0.3) is 0 Å². The molecular weight excluding hydrogens is 256 g/mol. The summed E-state index contributed by atoms with van der Waals surface area (Å²) >= 11 is 0. The highest BCUT2D eigenvalue weighted by molar-refractivity contribution is 5.85. The van der Waals surface area contributed by atoms with Crippen molar-refractivity contribution in [3.05, 3.63) is 30.1 Å². The van der Waals surface area contributed by atoms with Crippen LogP contribution >= 0.6 is 0 Å². The molecule has 1 saturated carbocycles. The fraction of sp³-hybridized carbons (Fsp3) is 0.533. The van der Waals surface area contributed by atoms with Gasteiger partial charge in [-0.05, 0) is 30.4 Å². The summed E-state index contributed by atoms with van der Waals surface area (Å²) in [5.41, 5.74) is 0.790. The molecule has 1 unspecified atom stereocenters. The molecule has 0 radical (unpaired) electrons. The van der Waals surface area contributed by atoms with Crippen molar-refractivity contribution in [2.75, 3.05) is 0 Å². The highest BCUT2D eigenvalue weighted by Crippen LogP contribution is 2.26. The molecule has 1 heterocycles. The van der Waals surface area contributed by atoms with Gasteiger partial charge in [-0.1, -0.05) is 25.3 Å². The topological polar surface area (TPSA) is 79.3 Å². The lowest BCUT2D eigenvalue weighted by atomic mass is 9.84. The molecule has 0 aromatic carbocycles. The SMILES string of the molecule is O=C(Cc1cccnc1)NC(C(=O)O)C1CCCCC1. The van der Waals surface area contributed by atoms with Gasteiger partial charge in [0.2, 0.25) is 5.91 Å². The molecule has 1 aliphatic carbocycles. The number of hydrogen-bond donors (Lipinski definition) is 2. The Morgan fingerprint density at radius 2 is 2.10 bits per heavy atom. The number of carbonyl (C=O) groups is 2. The molecule has 1 aromatic rings. The Bertz CT molecular complexity index is 455. The highest BCUT2D eigenvalue weighted by atomic mass is 16.4. The number of rotatable bonds is 5. The molecular formula is C15H20N2O3. The molecule has 5 heteroatoms. The van der Waals surface area contributed by atoms with E-state index in [1.807, 2.05) is 6.07 Å². The Labute approximate surface area is 118 Å². The summed E-state index contributed by atoms with van der Waals surface area (Å²) in [6, 6.07) is 2.81. The van der Waals surface area contributed by atoms with Crippen molar-refractivity contribution in [1.29, 1.82) is 0 Å². The van der Waals surface area contributed by atoms with Crippen molar-refractivity contribution in [2.24, 2.45) is 5.92 Å². The van der Waals surface area contributed by atoms with Gasteiger partial charge in [0.1, 0.15) is 6.04 Å². The van der Waals surface area contributed by atoms with Crippen LogP contribution in [-0.2, 0) is 16.0 Å². The average Bonchev–Trinajstić information content (AvgIpc) is 2.46. The summed E-state index contributed by atoms with van der Waals surface area (Å²) in [5, 5.41) is 12.0. The van der Waals surface area contributed by atoms with Crippen LogP contribution in [0, 0.1) is 5.92 Å². The second kappa shape index (κ2) is 7.03. The van der Waals surface area contributed by atoms with Crippen LogP contribution in [0.25, 0.3) is 0 Å². The summed E-state index contributed by atoms with van der Waals surface area (Å²) in [7, 11) is 0. The zero-order chi connectivity index (χ0) is 14.4. The largest absolute Gasteiger partial charge is 0.480 e. The van der Waals surface area contributed by atoms with Crippen LogP contribution < -0.4 is 5.32 Å². The molecule has 1 aliphatic rings. The minimum Gasteiger partial charge on any atom is -0.480 e. The molecule has 0 spiro atoms. The van der Waals surface area contributed by atoms with Gasteiger partial charge in [0, 0.05) is 12.4 Å². The molecule has 1 fully saturated rings. The molecule has 2 N–H and O–H groups in total. The first kappa shape index (κ1) is 14.5. The number of aromatic nitrogens is 1. The molecule has 0 aliphatic heterocycles. The summed E-state index contributed by atoms with van der Waals surface area (Å²) in [6.07, 6.45) is 8.45. The number of amides is 1. The summed E-state index contributed by atoms with van der Waals surface area (Å²) in [4.78, 5) is 27.3. The second-order valence-corrected chi connectivity index (χ2v) is 5.32. The van der Waals surface area contributed by atoms with Gasteiger partial charge in [-0.3, -0.25) is 9.78 Å². The third-order valence-electron chi connectivity index (χ3n) is 3.79. The molecule has 5 nitrogen and oxygen atoms in total. The van der Waals surface area contributed by atoms with Gasteiger partial charge < -0.3 is 10.4 Å². The standard InChI is InChI=1S/C15H20N2O3/c18-13(9-11-5-4-8-16-10-11)17-14(15(19)20)12-6-2-1-3-7-12/h4-5,8,10,12,14H,1-3,6-7,9H2,(H,17,18)(H,19,20). The average molecular weight is 276 g/mol. The number of aliphatic carboxylic acids is 1. The van der Waals surface area contributed by atoms with Gasteiger partial charge in [-0.25, -0.2) is 4.79 Å². The van der Waals surface area contributed by atoms with Crippen molar-refractivity contribution in [3.8, 4) is 0 Å². The summed E-state index contributed by atoms with van der Waals surface area (Å²) < 4.78 is 0. The maximum Gasteiger partial charge on any atom is 0.326 e. The van der Waals surface area contributed by atoms with E-state index in [1.54, 1.807) is 18.5 Å². The summed E-state index contributed by atoms with van der Waals surface area (Å²) in [6.45, 7) is 0. The lowest BCUT2D eigenvalue weighted by Crippen LogP contribution is -2.47. The van der Waals surface area contributed by atoms with Crippen molar-refractivity contribution in [2.45, 2.75) is 44.6 Å². The summed E-state index contributed by atoms with van der Waals surface area (Å²) in [5.74, 6) is -1.13. The number of pyridine rings is 1. The first-order valence-corrected chi connectivity index (χ1v) is 7.08. The Hall–Kier alpha value is -1.91. The molecule has 1 atom stereocenters. The predicted molar refractivity (Wildman–Crippen MR) is 74.1 cm³/mol. The zero-order valence-corrected chi connectivity index (χ0v) is 11.4. The van der Waals surface area contributed by atoms with Crippen LogP contribution in [0.3, 0.4) is 0 Å². The minimum atomic E-state index is -0.934. The molecule has 2 rings (SSSR count). The second-order valence-electron chi connectivity index (χ2n) is 5.32. The molecule has 108 valence electrons. The minimum absolute atomic E-state index is 0.0547. The first-order chi connectivity index (χ1) is 9.66. The van der Waals surface area contributed by atoms with Crippen molar-refractivity contribution < 1.29 is 14.7 Å². The Morgan fingerprint density at radius 1 is 1.35 bits per heavy atom. The van der Waals surface area contributed by atoms with Gasteiger partial charge in [-0.2, -0.15) is 0 Å². The van der Waals surface area contributed by atoms with Crippen LogP contribution in [0.4, 0.5) is 0 Å². The number of carboxylic acids is 1. The third kappa shape index (κ3) is 4.05. The van der Waals surface area contributed by atoms with Crippen LogP contribution in [0.2, 0.25) is 0 Å². The fourth-order valence-corrected chi connectivity index (χ4v) is 2.76. The molecule has 1 aromatic heterocycles. The molecule has 0 bridgehead atoms. The number of nitrogens with one attached hydrogen (secondary N) is 1. The third-order valence-corrected chi connectivity index (χ3v) is 3.79. The Kier molecular flexibility index (Phi) is 5.09. The van der Waals surface area contributed by atoms with Crippen LogP contribution in [0.5, 0.6) is 0 Å². The fourth-order valence-electron chi connectivity index (χ4n) is 2.76. The van der Waals surface area contributed by atoms with Gasteiger partial charge in [-0.15, -0.1) is 0 Å². The zero-order valence-electron chi connectivity index (χ0n) is 11.4. The van der Waals surface area contributed by atoms with Gasteiger partial charge >= 0.3 is 5.97 Å². The first-order valence-electron chi connectivity index (χ1n) is 7.08. The van der Waals surface area contributed by atoms with E-state index in [-0.39, 0.29) is 18.2 Å². The predicted octanol–water partition coefficient (Wildman–Crippen LogP) is 1.77. The number of carbonyl (C=O) groups excluding carboxylic acids is 1. The van der Waals surface area contributed by atoms with Gasteiger partial charge in [0.15, 0.2) is 0 Å². The Balaban J connectivity index is 1.93. The maximum atomic E-state index is 12.0. The van der Waals surface area contributed by atoms with E-state index < -0.39 is 12.0 Å². The number of hydrogen-bond acceptors (Lipinski definition) is 3. The highest BCUT2D eigenvalue weighted by Gasteiger charge is 2.30. The Morgan fingerprint density at radius 3 is 2.70 bits per heavy atom. The van der Waals surface area contributed by atoms with Crippen LogP contribution in [-0.4, -0.2) is 28.0 Å². The molecule has 1 amide bonds. The van der Waals surface area contributed by atoms with E-state index in [0.717, 1.165) is 37.7 Å². The van der Waals surface area contributed by atoms with Crippen molar-refractivity contribution >= 4 is 11.9 Å². The van der Waals surface area contributed by atoms with E-state index in [2.05, 4.69) is 10.3 Å². The number of carboxylic acid groups (broad SMARTS) is 1. The van der Waals surface area contributed by atoms with Crippen LogP contribution in [0.1, 0.15) is 37.7 Å². The smallest absolute Gasteiger partial charge is 0.326 e. The normalized spacial score (nSPS) is 17.4. The quantitative estimate of drug-likeness (QED) is 0.859. The van der Waals surface area contributed by atoms with E-state index in [4.69, 9.17) is 0 Å². The van der Waals surface area contributed by atoms with E-state index in [0.29, 0.717) is 0 Å². The monoisotopic (exact) mass is 276 g/mol. The lowest BCUT2D eigenvalue weighted by Gasteiger charge is -2.28.